The Hall–Kier alpha value is -3.40. The number of nitrogens with zero attached hydrogens (tertiary/aromatic N) is 1. The normalized spacial score (nSPS) is 11.8. The van der Waals surface area contributed by atoms with Gasteiger partial charge in [-0.05, 0) is 47.9 Å². The standard InChI is InChI=1S/C32H40N2O2/c1-5-21-33-32(36)30(22-27-9-7-6-8-10-27)34(23-28-13-11-25(4)12-14-28)31(35)20-17-26-15-18-29(19-16-26)24(2)3/h6-16,18-19,24,30H,5,17,20-23H2,1-4H3,(H,33,36). The maximum absolute atomic E-state index is 13.7. The number of amides is 2. The van der Waals surface area contributed by atoms with Crippen molar-refractivity contribution in [3.63, 3.8) is 0 Å². The van der Waals surface area contributed by atoms with Crippen molar-refractivity contribution in [3.8, 4) is 0 Å². The van der Waals surface area contributed by atoms with E-state index in [9.17, 15) is 9.59 Å². The predicted octanol–water partition coefficient (Wildman–Crippen LogP) is 6.22. The smallest absolute Gasteiger partial charge is 0.243 e. The van der Waals surface area contributed by atoms with Crippen molar-refractivity contribution in [2.24, 2.45) is 0 Å². The Morgan fingerprint density at radius 3 is 2.08 bits per heavy atom. The van der Waals surface area contributed by atoms with E-state index in [2.05, 4.69) is 55.6 Å². The van der Waals surface area contributed by atoms with Crippen molar-refractivity contribution in [3.05, 3.63) is 107 Å². The van der Waals surface area contributed by atoms with Crippen molar-refractivity contribution in [1.82, 2.24) is 10.2 Å². The van der Waals surface area contributed by atoms with Crippen LogP contribution in [-0.4, -0.2) is 29.3 Å². The van der Waals surface area contributed by atoms with Gasteiger partial charge < -0.3 is 10.2 Å². The molecule has 0 saturated carbocycles. The summed E-state index contributed by atoms with van der Waals surface area (Å²) in [5.41, 5.74) is 5.67. The molecule has 0 aliphatic heterocycles. The third-order valence-electron chi connectivity index (χ3n) is 6.57. The van der Waals surface area contributed by atoms with Crippen LogP contribution < -0.4 is 5.32 Å². The molecule has 0 spiro atoms. The number of hydrogen-bond donors (Lipinski definition) is 1. The summed E-state index contributed by atoms with van der Waals surface area (Å²) in [6.07, 6.45) is 2.34. The number of aryl methyl sites for hydroxylation is 2. The summed E-state index contributed by atoms with van der Waals surface area (Å²) < 4.78 is 0. The van der Waals surface area contributed by atoms with Gasteiger partial charge in [0.05, 0.1) is 0 Å². The van der Waals surface area contributed by atoms with Crippen LogP contribution in [0.1, 0.15) is 67.3 Å². The fourth-order valence-corrected chi connectivity index (χ4v) is 4.27. The molecule has 0 radical (unpaired) electrons. The zero-order chi connectivity index (χ0) is 25.9. The maximum Gasteiger partial charge on any atom is 0.243 e. The van der Waals surface area contributed by atoms with Crippen molar-refractivity contribution >= 4 is 11.8 Å². The molecule has 0 aliphatic rings. The Morgan fingerprint density at radius 1 is 0.833 bits per heavy atom. The molecule has 0 heterocycles. The number of carbonyl (C=O) groups is 2. The second kappa shape index (κ2) is 13.6. The van der Waals surface area contributed by atoms with Gasteiger partial charge >= 0.3 is 0 Å². The topological polar surface area (TPSA) is 49.4 Å². The third kappa shape index (κ3) is 8.08. The molecular formula is C32H40N2O2. The zero-order valence-electron chi connectivity index (χ0n) is 22.2. The zero-order valence-corrected chi connectivity index (χ0v) is 22.2. The molecule has 190 valence electrons. The van der Waals surface area contributed by atoms with E-state index >= 15 is 0 Å². The van der Waals surface area contributed by atoms with Crippen LogP contribution in [0, 0.1) is 6.92 Å². The lowest BCUT2D eigenvalue weighted by atomic mass is 9.99. The molecule has 3 aromatic carbocycles. The lowest BCUT2D eigenvalue weighted by Gasteiger charge is -2.31. The average molecular weight is 485 g/mol. The summed E-state index contributed by atoms with van der Waals surface area (Å²) in [5, 5.41) is 3.04. The monoisotopic (exact) mass is 484 g/mol. The number of benzene rings is 3. The second-order valence-corrected chi connectivity index (χ2v) is 9.90. The van der Waals surface area contributed by atoms with E-state index in [0.29, 0.717) is 38.3 Å². The van der Waals surface area contributed by atoms with E-state index in [0.717, 1.165) is 23.1 Å². The molecule has 4 heteroatoms. The highest BCUT2D eigenvalue weighted by Gasteiger charge is 2.30. The minimum atomic E-state index is -0.573. The average Bonchev–Trinajstić information content (AvgIpc) is 2.89. The maximum atomic E-state index is 13.7. The highest BCUT2D eigenvalue weighted by atomic mass is 16.2. The Labute approximate surface area is 216 Å². The number of carbonyl (C=O) groups excluding carboxylic acids is 2. The van der Waals surface area contributed by atoms with E-state index in [1.165, 1.54) is 11.1 Å². The van der Waals surface area contributed by atoms with Crippen LogP contribution in [0.15, 0.2) is 78.9 Å². The SMILES string of the molecule is CCCNC(=O)C(Cc1ccccc1)N(Cc1ccc(C)cc1)C(=O)CCc1ccc(C(C)C)cc1. The Morgan fingerprint density at radius 2 is 1.47 bits per heavy atom. The first-order valence-electron chi connectivity index (χ1n) is 13.1. The lowest BCUT2D eigenvalue weighted by molar-refractivity contribution is -0.141. The number of nitrogens with one attached hydrogen (secondary N) is 1. The molecular weight excluding hydrogens is 444 g/mol. The third-order valence-corrected chi connectivity index (χ3v) is 6.57. The molecule has 1 atom stereocenters. The van der Waals surface area contributed by atoms with E-state index in [1.807, 2.05) is 56.3 Å². The van der Waals surface area contributed by atoms with Crippen LogP contribution >= 0.6 is 0 Å². The fraction of sp³-hybridized carbons (Fsp3) is 0.375. The molecule has 1 N–H and O–H groups in total. The number of hydrogen-bond acceptors (Lipinski definition) is 2. The van der Waals surface area contributed by atoms with Crippen molar-refractivity contribution in [2.75, 3.05) is 6.54 Å². The Kier molecular flexibility index (Phi) is 10.3. The molecule has 0 bridgehead atoms. The Bertz CT molecular complexity index is 1090. The molecule has 3 rings (SSSR count). The van der Waals surface area contributed by atoms with Crippen molar-refractivity contribution in [2.45, 2.75) is 71.9 Å². The molecule has 1 unspecified atom stereocenters. The Balaban J connectivity index is 1.85. The van der Waals surface area contributed by atoms with Crippen LogP contribution in [0.5, 0.6) is 0 Å². The molecule has 0 saturated heterocycles. The first kappa shape index (κ1) is 27.2. The molecule has 3 aromatic rings. The molecule has 0 fully saturated rings. The van der Waals surface area contributed by atoms with Gasteiger partial charge in [-0.15, -0.1) is 0 Å². The lowest BCUT2D eigenvalue weighted by Crippen LogP contribution is -2.50. The highest BCUT2D eigenvalue weighted by Crippen LogP contribution is 2.19. The van der Waals surface area contributed by atoms with Crippen LogP contribution in [0.4, 0.5) is 0 Å². The van der Waals surface area contributed by atoms with Gasteiger partial charge in [0.25, 0.3) is 0 Å². The minimum Gasteiger partial charge on any atom is -0.354 e. The summed E-state index contributed by atoms with van der Waals surface area (Å²) >= 11 is 0. The largest absolute Gasteiger partial charge is 0.354 e. The molecule has 0 aliphatic carbocycles. The van der Waals surface area contributed by atoms with Crippen molar-refractivity contribution < 1.29 is 9.59 Å². The van der Waals surface area contributed by atoms with Gasteiger partial charge in [-0.2, -0.15) is 0 Å². The van der Waals surface area contributed by atoms with E-state index < -0.39 is 6.04 Å². The molecule has 4 nitrogen and oxygen atoms in total. The first-order chi connectivity index (χ1) is 17.4. The highest BCUT2D eigenvalue weighted by molar-refractivity contribution is 5.88. The predicted molar refractivity (Wildman–Crippen MR) is 148 cm³/mol. The van der Waals surface area contributed by atoms with Gasteiger partial charge in [0, 0.05) is 25.9 Å². The molecule has 36 heavy (non-hydrogen) atoms. The minimum absolute atomic E-state index is 0.00362. The molecule has 2 amide bonds. The summed E-state index contributed by atoms with van der Waals surface area (Å²) in [4.78, 5) is 28.9. The summed E-state index contributed by atoms with van der Waals surface area (Å²) in [6.45, 7) is 9.44. The van der Waals surface area contributed by atoms with Gasteiger partial charge in [-0.1, -0.05) is 105 Å². The van der Waals surface area contributed by atoms with Crippen LogP contribution in [0.2, 0.25) is 0 Å². The summed E-state index contributed by atoms with van der Waals surface area (Å²) in [6, 6.07) is 26.1. The van der Waals surface area contributed by atoms with Gasteiger partial charge in [0.1, 0.15) is 6.04 Å². The quantitative estimate of drug-likeness (QED) is 0.332. The second-order valence-electron chi connectivity index (χ2n) is 9.90. The van der Waals surface area contributed by atoms with Gasteiger partial charge in [-0.3, -0.25) is 9.59 Å². The first-order valence-corrected chi connectivity index (χ1v) is 13.1. The van der Waals surface area contributed by atoms with Crippen molar-refractivity contribution in [1.29, 1.82) is 0 Å². The summed E-state index contributed by atoms with van der Waals surface area (Å²) in [5.74, 6) is 0.379. The fourth-order valence-electron chi connectivity index (χ4n) is 4.27. The van der Waals surface area contributed by atoms with Gasteiger partial charge in [0.2, 0.25) is 11.8 Å². The van der Waals surface area contributed by atoms with Gasteiger partial charge in [0.15, 0.2) is 0 Å². The van der Waals surface area contributed by atoms with E-state index in [1.54, 1.807) is 4.90 Å². The summed E-state index contributed by atoms with van der Waals surface area (Å²) in [7, 11) is 0. The van der Waals surface area contributed by atoms with Gasteiger partial charge in [-0.25, -0.2) is 0 Å². The van der Waals surface area contributed by atoms with Crippen LogP contribution in [-0.2, 0) is 29.0 Å². The van der Waals surface area contributed by atoms with Crippen LogP contribution in [0.3, 0.4) is 0 Å². The van der Waals surface area contributed by atoms with Crippen LogP contribution in [0.25, 0.3) is 0 Å². The molecule has 0 aromatic heterocycles. The number of rotatable bonds is 12. The van der Waals surface area contributed by atoms with E-state index in [-0.39, 0.29) is 11.8 Å². The van der Waals surface area contributed by atoms with E-state index in [4.69, 9.17) is 0 Å².